The Morgan fingerprint density at radius 2 is 2.06 bits per heavy atom. The lowest BCUT2D eigenvalue weighted by Gasteiger charge is -2.03. The van der Waals surface area contributed by atoms with E-state index in [0.29, 0.717) is 5.39 Å². The van der Waals surface area contributed by atoms with Crippen LogP contribution in [0.25, 0.3) is 11.0 Å². The summed E-state index contributed by atoms with van der Waals surface area (Å²) >= 11 is 0. The minimum Gasteiger partial charge on any atom is -0.465 e. The van der Waals surface area contributed by atoms with Gasteiger partial charge in [-0.05, 0) is 12.1 Å². The molecular formula is C11H11NO5S. The smallest absolute Gasteiger partial charge is 0.338 e. The number of esters is 1. The quantitative estimate of drug-likeness (QED) is 0.822. The van der Waals surface area contributed by atoms with E-state index in [2.05, 4.69) is 4.74 Å². The number of carbonyl (C=O) groups excluding carboxylic acids is 1. The van der Waals surface area contributed by atoms with Gasteiger partial charge in [0.1, 0.15) is 4.90 Å². The van der Waals surface area contributed by atoms with Crippen molar-refractivity contribution in [2.75, 3.05) is 19.1 Å². The number of rotatable bonds is 2. The van der Waals surface area contributed by atoms with E-state index in [1.165, 1.54) is 25.3 Å². The summed E-state index contributed by atoms with van der Waals surface area (Å²) in [6.07, 6.45) is 1.05. The van der Waals surface area contributed by atoms with Crippen LogP contribution in [-0.4, -0.2) is 27.8 Å². The van der Waals surface area contributed by atoms with Crippen molar-refractivity contribution in [3.8, 4) is 0 Å². The molecule has 0 saturated carbocycles. The Labute approximate surface area is 103 Å². The number of anilines is 1. The van der Waals surface area contributed by atoms with Gasteiger partial charge in [-0.15, -0.1) is 0 Å². The van der Waals surface area contributed by atoms with Crippen molar-refractivity contribution in [1.29, 1.82) is 0 Å². The highest BCUT2D eigenvalue weighted by Crippen LogP contribution is 2.30. The standard InChI is InChI=1S/C11H11NO5S/c1-16-11(13)6-3-4-8(18(2,14)15)10-7(6)5-9(12)17-10/h3-5H,12H2,1-2H3. The lowest BCUT2D eigenvalue weighted by molar-refractivity contribution is 0.0603. The zero-order valence-electron chi connectivity index (χ0n) is 9.76. The number of nitrogen functional groups attached to an aromatic ring is 1. The molecular weight excluding hydrogens is 258 g/mol. The monoisotopic (exact) mass is 269 g/mol. The van der Waals surface area contributed by atoms with E-state index < -0.39 is 15.8 Å². The van der Waals surface area contributed by atoms with Gasteiger partial charge in [0.2, 0.25) is 0 Å². The van der Waals surface area contributed by atoms with Crippen molar-refractivity contribution in [2.45, 2.75) is 4.90 Å². The summed E-state index contributed by atoms with van der Waals surface area (Å²) in [5, 5.41) is 0.322. The van der Waals surface area contributed by atoms with Crippen molar-refractivity contribution in [2.24, 2.45) is 0 Å². The van der Waals surface area contributed by atoms with Gasteiger partial charge in [-0.3, -0.25) is 0 Å². The number of nitrogens with two attached hydrogens (primary N) is 1. The van der Waals surface area contributed by atoms with Crippen LogP contribution < -0.4 is 5.73 Å². The second-order valence-electron chi connectivity index (χ2n) is 3.77. The molecule has 0 aliphatic rings. The summed E-state index contributed by atoms with van der Waals surface area (Å²) in [5.41, 5.74) is 5.78. The van der Waals surface area contributed by atoms with E-state index in [1.54, 1.807) is 0 Å². The number of benzene rings is 1. The second-order valence-corrected chi connectivity index (χ2v) is 5.75. The first kappa shape index (κ1) is 12.4. The Kier molecular flexibility index (Phi) is 2.78. The third-order valence-corrected chi connectivity index (χ3v) is 3.59. The Morgan fingerprint density at radius 1 is 1.39 bits per heavy atom. The van der Waals surface area contributed by atoms with Gasteiger partial charge in [-0.2, -0.15) is 0 Å². The van der Waals surface area contributed by atoms with Crippen molar-refractivity contribution in [3.05, 3.63) is 23.8 Å². The van der Waals surface area contributed by atoms with Gasteiger partial charge < -0.3 is 14.9 Å². The average molecular weight is 269 g/mol. The predicted octanol–water partition coefficient (Wildman–Crippen LogP) is 1.21. The average Bonchev–Trinajstić information content (AvgIpc) is 2.66. The zero-order chi connectivity index (χ0) is 13.5. The highest BCUT2D eigenvalue weighted by Gasteiger charge is 2.21. The largest absolute Gasteiger partial charge is 0.465 e. The molecule has 2 rings (SSSR count). The number of carbonyl (C=O) groups is 1. The molecule has 0 amide bonds. The van der Waals surface area contributed by atoms with Crippen LogP contribution in [0.3, 0.4) is 0 Å². The van der Waals surface area contributed by atoms with Gasteiger partial charge in [0.25, 0.3) is 0 Å². The van der Waals surface area contributed by atoms with Crippen LogP contribution >= 0.6 is 0 Å². The molecule has 0 saturated heterocycles. The number of hydrogen-bond acceptors (Lipinski definition) is 6. The number of sulfone groups is 1. The Hall–Kier alpha value is -2.02. The molecule has 0 fully saturated rings. The fraction of sp³-hybridized carbons (Fsp3) is 0.182. The second kappa shape index (κ2) is 4.02. The number of furan rings is 1. The van der Waals surface area contributed by atoms with E-state index >= 15 is 0 Å². The molecule has 0 unspecified atom stereocenters. The van der Waals surface area contributed by atoms with Gasteiger partial charge in [-0.25, -0.2) is 13.2 Å². The molecule has 0 bridgehead atoms. The first-order valence-electron chi connectivity index (χ1n) is 4.95. The maximum atomic E-state index is 11.6. The van der Waals surface area contributed by atoms with Crippen molar-refractivity contribution < 1.29 is 22.4 Å². The molecule has 1 heterocycles. The van der Waals surface area contributed by atoms with Gasteiger partial charge >= 0.3 is 5.97 Å². The molecule has 0 aliphatic heterocycles. The Bertz CT molecular complexity index is 729. The fourth-order valence-corrected chi connectivity index (χ4v) is 2.50. The summed E-state index contributed by atoms with van der Waals surface area (Å²) in [5.74, 6) is -0.549. The van der Waals surface area contributed by atoms with Crippen LogP contribution in [-0.2, 0) is 14.6 Å². The highest BCUT2D eigenvalue weighted by atomic mass is 32.2. The van der Waals surface area contributed by atoms with E-state index in [4.69, 9.17) is 10.2 Å². The molecule has 0 aliphatic carbocycles. The van der Waals surface area contributed by atoms with Crippen LogP contribution in [0.5, 0.6) is 0 Å². The van der Waals surface area contributed by atoms with Crippen molar-refractivity contribution >= 4 is 32.7 Å². The number of fused-ring (bicyclic) bond motifs is 1. The van der Waals surface area contributed by atoms with Crippen LogP contribution in [0, 0.1) is 0 Å². The van der Waals surface area contributed by atoms with Crippen molar-refractivity contribution in [3.63, 3.8) is 0 Å². The molecule has 1 aromatic carbocycles. The summed E-state index contributed by atoms with van der Waals surface area (Å²) in [6, 6.07) is 4.07. The maximum absolute atomic E-state index is 11.6. The molecule has 0 atom stereocenters. The maximum Gasteiger partial charge on any atom is 0.338 e. The lowest BCUT2D eigenvalue weighted by atomic mass is 10.1. The lowest BCUT2D eigenvalue weighted by Crippen LogP contribution is -2.04. The molecule has 1 aromatic heterocycles. The minimum atomic E-state index is -3.47. The topological polar surface area (TPSA) is 99.6 Å². The van der Waals surface area contributed by atoms with Crippen molar-refractivity contribution in [1.82, 2.24) is 0 Å². The van der Waals surface area contributed by atoms with Crippen LogP contribution in [0.1, 0.15) is 10.4 Å². The minimum absolute atomic E-state index is 0.0122. The first-order valence-corrected chi connectivity index (χ1v) is 6.84. The van der Waals surface area contributed by atoms with Crippen LogP contribution in [0.2, 0.25) is 0 Å². The molecule has 0 radical (unpaired) electrons. The highest BCUT2D eigenvalue weighted by molar-refractivity contribution is 7.91. The number of methoxy groups -OCH3 is 1. The zero-order valence-corrected chi connectivity index (χ0v) is 10.6. The summed E-state index contributed by atoms with van der Waals surface area (Å²) < 4.78 is 32.9. The van der Waals surface area contributed by atoms with Gasteiger partial charge in [-0.1, -0.05) is 0 Å². The van der Waals surface area contributed by atoms with E-state index in [9.17, 15) is 13.2 Å². The molecule has 2 N–H and O–H groups in total. The predicted molar refractivity (Wildman–Crippen MR) is 65.1 cm³/mol. The third kappa shape index (κ3) is 1.92. The molecule has 18 heavy (non-hydrogen) atoms. The van der Waals surface area contributed by atoms with Gasteiger partial charge in [0, 0.05) is 17.7 Å². The molecule has 96 valence electrons. The molecule has 7 heteroatoms. The third-order valence-electron chi connectivity index (χ3n) is 2.47. The Morgan fingerprint density at radius 3 is 2.61 bits per heavy atom. The fourth-order valence-electron chi connectivity index (χ4n) is 1.70. The number of hydrogen-bond donors (Lipinski definition) is 1. The number of ether oxygens (including phenoxy) is 1. The van der Waals surface area contributed by atoms with E-state index in [1.807, 2.05) is 0 Å². The molecule has 0 spiro atoms. The van der Waals surface area contributed by atoms with E-state index in [0.717, 1.165) is 6.26 Å². The normalized spacial score (nSPS) is 11.7. The van der Waals surface area contributed by atoms with E-state index in [-0.39, 0.29) is 21.9 Å². The Balaban J connectivity index is 2.86. The van der Waals surface area contributed by atoms with Gasteiger partial charge in [0.15, 0.2) is 21.3 Å². The first-order chi connectivity index (χ1) is 8.34. The molecule has 6 nitrogen and oxygen atoms in total. The summed E-state index contributed by atoms with van der Waals surface area (Å²) in [6.45, 7) is 0. The summed E-state index contributed by atoms with van der Waals surface area (Å²) in [4.78, 5) is 11.5. The SMILES string of the molecule is COC(=O)c1ccc(S(C)(=O)=O)c2oc(N)cc12. The summed E-state index contributed by atoms with van der Waals surface area (Å²) in [7, 11) is -2.23. The van der Waals surface area contributed by atoms with Gasteiger partial charge in [0.05, 0.1) is 12.7 Å². The van der Waals surface area contributed by atoms with Crippen LogP contribution in [0.4, 0.5) is 5.88 Å². The van der Waals surface area contributed by atoms with Crippen LogP contribution in [0.15, 0.2) is 27.5 Å². The molecule has 2 aromatic rings.